The molecule has 0 saturated carbocycles. The number of nitrogens with zero attached hydrogens (tertiary/aromatic N) is 2. The molecule has 0 aliphatic carbocycles. The van der Waals surface area contributed by atoms with Gasteiger partial charge in [-0.15, -0.1) is 0 Å². The van der Waals surface area contributed by atoms with Crippen molar-refractivity contribution in [3.8, 4) is 28.5 Å². The summed E-state index contributed by atoms with van der Waals surface area (Å²) in [5.41, 5.74) is 2.94. The first-order valence-electron chi connectivity index (χ1n) is 8.97. The van der Waals surface area contributed by atoms with E-state index in [0.29, 0.717) is 33.7 Å². The second-order valence-electron chi connectivity index (χ2n) is 6.28. The summed E-state index contributed by atoms with van der Waals surface area (Å²) < 4.78 is 24.9. The summed E-state index contributed by atoms with van der Waals surface area (Å²) in [5, 5.41) is 2.66. The van der Waals surface area contributed by atoms with Gasteiger partial charge in [0.2, 0.25) is 11.8 Å². The Hall–Kier alpha value is -4.20. The molecule has 0 fully saturated rings. The summed E-state index contributed by atoms with van der Waals surface area (Å²) in [5.74, 6) is 0.0971. The van der Waals surface area contributed by atoms with Crippen LogP contribution in [-0.2, 0) is 4.79 Å². The maximum absolute atomic E-state index is 14.1. The van der Waals surface area contributed by atoms with Crippen LogP contribution in [0.15, 0.2) is 67.5 Å². The summed E-state index contributed by atoms with van der Waals surface area (Å²) >= 11 is 0. The lowest BCUT2D eigenvalue weighted by atomic mass is 10.1. The van der Waals surface area contributed by atoms with E-state index < -0.39 is 5.82 Å². The lowest BCUT2D eigenvalue weighted by Gasteiger charge is -2.08. The van der Waals surface area contributed by atoms with Crippen molar-refractivity contribution in [3.63, 3.8) is 0 Å². The van der Waals surface area contributed by atoms with Crippen LogP contribution in [0, 0.1) is 5.82 Å². The molecule has 0 radical (unpaired) electrons. The Kier molecular flexibility index (Phi) is 5.13. The van der Waals surface area contributed by atoms with Crippen molar-refractivity contribution in [2.75, 3.05) is 12.4 Å². The van der Waals surface area contributed by atoms with Gasteiger partial charge < -0.3 is 19.8 Å². The minimum atomic E-state index is -0.469. The highest BCUT2D eigenvalue weighted by molar-refractivity contribution is 5.99. The fourth-order valence-corrected chi connectivity index (χ4v) is 2.93. The molecule has 0 atom stereocenters. The van der Waals surface area contributed by atoms with Gasteiger partial charge in [0.05, 0.1) is 13.3 Å². The summed E-state index contributed by atoms with van der Waals surface area (Å²) in [6.07, 6.45) is 4.37. The van der Waals surface area contributed by atoms with Crippen LogP contribution in [0.2, 0.25) is 0 Å². The zero-order chi connectivity index (χ0) is 21.1. The molecule has 0 bridgehead atoms. The first-order chi connectivity index (χ1) is 14.6. The maximum Gasteiger partial charge on any atom is 0.247 e. The Labute approximate surface area is 171 Å². The molecule has 1 amide bonds. The predicted octanol–water partition coefficient (Wildman–Crippen LogP) is 4.69. The highest BCUT2D eigenvalue weighted by Gasteiger charge is 2.13. The molecule has 150 valence electrons. The number of aromatic amines is 1. The summed E-state index contributed by atoms with van der Waals surface area (Å²) in [6.45, 7) is 3.42. The molecule has 2 aromatic heterocycles. The van der Waals surface area contributed by atoms with Gasteiger partial charge in [-0.05, 0) is 35.9 Å². The lowest BCUT2D eigenvalue weighted by molar-refractivity contribution is -0.111. The molecule has 0 unspecified atom stereocenters. The van der Waals surface area contributed by atoms with Crippen molar-refractivity contribution in [1.82, 2.24) is 15.0 Å². The number of carbonyl (C=O) groups excluding carboxylic acids is 1. The van der Waals surface area contributed by atoms with Crippen LogP contribution in [0.25, 0.3) is 22.3 Å². The van der Waals surface area contributed by atoms with Gasteiger partial charge in [-0.1, -0.05) is 18.7 Å². The number of hydrogen-bond acceptors (Lipinski definition) is 5. The quantitative estimate of drug-likeness (QED) is 0.455. The first kappa shape index (κ1) is 19.1. The van der Waals surface area contributed by atoms with Crippen molar-refractivity contribution >= 4 is 22.8 Å². The average molecular weight is 404 g/mol. The molecule has 0 spiro atoms. The Bertz CT molecular complexity index is 1250. The van der Waals surface area contributed by atoms with E-state index in [1.807, 2.05) is 0 Å². The number of benzene rings is 2. The van der Waals surface area contributed by atoms with E-state index in [1.165, 1.54) is 25.4 Å². The van der Waals surface area contributed by atoms with Crippen LogP contribution >= 0.6 is 0 Å². The van der Waals surface area contributed by atoms with Gasteiger partial charge in [0, 0.05) is 23.5 Å². The molecule has 4 aromatic rings. The molecule has 0 aliphatic rings. The van der Waals surface area contributed by atoms with E-state index in [2.05, 4.69) is 26.8 Å². The molecule has 30 heavy (non-hydrogen) atoms. The fraction of sp³-hybridized carbons (Fsp3) is 0.0455. The second kappa shape index (κ2) is 8.04. The lowest BCUT2D eigenvalue weighted by Crippen LogP contribution is -2.07. The van der Waals surface area contributed by atoms with Crippen molar-refractivity contribution < 1.29 is 18.7 Å². The number of H-pyrrole nitrogens is 1. The minimum absolute atomic E-state index is 0.164. The van der Waals surface area contributed by atoms with Crippen LogP contribution in [0.4, 0.5) is 10.1 Å². The Balaban J connectivity index is 1.65. The number of methoxy groups -OCH3 is 1. The van der Waals surface area contributed by atoms with Gasteiger partial charge in [-0.2, -0.15) is 0 Å². The number of halogens is 1. The van der Waals surface area contributed by atoms with E-state index in [1.54, 1.807) is 42.6 Å². The van der Waals surface area contributed by atoms with Gasteiger partial charge in [0.1, 0.15) is 11.3 Å². The number of fused-ring (bicyclic) bond motifs is 1. The average Bonchev–Trinajstić information content (AvgIpc) is 3.17. The SMILES string of the molecule is C=CC(=O)Nc1cccc(Oc2cnc3[nH]cc(-c4ccc(OC)c(F)c4)c3n2)c1. The number of carbonyl (C=O) groups is 1. The Morgan fingerprint density at radius 2 is 2.13 bits per heavy atom. The van der Waals surface area contributed by atoms with Gasteiger partial charge in [0.25, 0.3) is 0 Å². The summed E-state index contributed by atoms with van der Waals surface area (Å²) in [4.78, 5) is 23.3. The highest BCUT2D eigenvalue weighted by Crippen LogP contribution is 2.31. The van der Waals surface area contributed by atoms with Crippen molar-refractivity contribution in [3.05, 3.63) is 73.3 Å². The molecule has 8 heteroatoms. The monoisotopic (exact) mass is 404 g/mol. The number of rotatable bonds is 6. The standard InChI is InChI=1S/C22H17FN4O3/c1-3-19(28)26-14-5-4-6-15(10-14)30-20-12-25-22-21(27-20)16(11-24-22)13-7-8-18(29-2)17(23)9-13/h3-12H,1H2,2H3,(H,24,25)(H,26,28). The number of aromatic nitrogens is 3. The molecule has 0 saturated heterocycles. The van der Waals surface area contributed by atoms with Gasteiger partial charge >= 0.3 is 0 Å². The third-order valence-corrected chi connectivity index (χ3v) is 4.33. The van der Waals surface area contributed by atoms with Crippen LogP contribution in [0.5, 0.6) is 17.4 Å². The van der Waals surface area contributed by atoms with Crippen LogP contribution in [-0.4, -0.2) is 28.0 Å². The first-order valence-corrected chi connectivity index (χ1v) is 8.97. The number of amides is 1. The third kappa shape index (κ3) is 3.83. The molecular formula is C22H17FN4O3. The summed E-state index contributed by atoms with van der Waals surface area (Å²) in [7, 11) is 1.41. The molecule has 2 heterocycles. The fourth-order valence-electron chi connectivity index (χ4n) is 2.93. The molecule has 4 rings (SSSR count). The molecule has 7 nitrogen and oxygen atoms in total. The zero-order valence-electron chi connectivity index (χ0n) is 16.0. The largest absolute Gasteiger partial charge is 0.494 e. The number of nitrogens with one attached hydrogen (secondary N) is 2. The minimum Gasteiger partial charge on any atom is -0.494 e. The third-order valence-electron chi connectivity index (χ3n) is 4.33. The zero-order valence-corrected chi connectivity index (χ0v) is 16.0. The molecule has 2 N–H and O–H groups in total. The molecular weight excluding hydrogens is 387 g/mol. The van der Waals surface area contributed by atoms with E-state index in [4.69, 9.17) is 9.47 Å². The number of anilines is 1. The van der Waals surface area contributed by atoms with Crippen molar-refractivity contribution in [2.24, 2.45) is 0 Å². The van der Waals surface area contributed by atoms with E-state index in [9.17, 15) is 9.18 Å². The number of ether oxygens (including phenoxy) is 2. The second-order valence-corrected chi connectivity index (χ2v) is 6.28. The Morgan fingerprint density at radius 1 is 1.27 bits per heavy atom. The van der Waals surface area contributed by atoms with Crippen LogP contribution in [0.1, 0.15) is 0 Å². The topological polar surface area (TPSA) is 89.1 Å². The number of hydrogen-bond donors (Lipinski definition) is 2. The maximum atomic E-state index is 14.1. The Morgan fingerprint density at radius 3 is 2.90 bits per heavy atom. The van der Waals surface area contributed by atoms with Crippen LogP contribution < -0.4 is 14.8 Å². The molecule has 0 aliphatic heterocycles. The van der Waals surface area contributed by atoms with Gasteiger partial charge in [0.15, 0.2) is 17.2 Å². The van der Waals surface area contributed by atoms with E-state index in [-0.39, 0.29) is 17.5 Å². The van der Waals surface area contributed by atoms with E-state index in [0.717, 1.165) is 0 Å². The van der Waals surface area contributed by atoms with E-state index >= 15 is 0 Å². The van der Waals surface area contributed by atoms with Crippen molar-refractivity contribution in [2.45, 2.75) is 0 Å². The van der Waals surface area contributed by atoms with Crippen LogP contribution in [0.3, 0.4) is 0 Å². The van der Waals surface area contributed by atoms with Gasteiger partial charge in [-0.3, -0.25) is 4.79 Å². The smallest absolute Gasteiger partial charge is 0.247 e. The highest BCUT2D eigenvalue weighted by atomic mass is 19.1. The van der Waals surface area contributed by atoms with Crippen molar-refractivity contribution in [1.29, 1.82) is 0 Å². The van der Waals surface area contributed by atoms with Gasteiger partial charge in [-0.25, -0.2) is 14.4 Å². The molecule has 2 aromatic carbocycles. The summed E-state index contributed by atoms with van der Waals surface area (Å²) in [6, 6.07) is 11.5. The normalized spacial score (nSPS) is 10.6. The predicted molar refractivity (Wildman–Crippen MR) is 111 cm³/mol.